The maximum Gasteiger partial charge on any atom is 0.165 e. The summed E-state index contributed by atoms with van der Waals surface area (Å²) in [6.07, 6.45) is 2.60. The van der Waals surface area contributed by atoms with Crippen molar-refractivity contribution < 1.29 is 4.79 Å². The zero-order valence-corrected chi connectivity index (χ0v) is 12.1. The minimum absolute atomic E-state index is 0.0447. The van der Waals surface area contributed by atoms with Gasteiger partial charge in [0.2, 0.25) is 0 Å². The molecule has 2 aromatic rings. The first kappa shape index (κ1) is 12.9. The number of nitrogens with zero attached hydrogens (tertiary/aromatic N) is 2. The lowest BCUT2D eigenvalue weighted by molar-refractivity contribution is 0.101. The number of anilines is 1. The Kier molecular flexibility index (Phi) is 2.89. The highest BCUT2D eigenvalue weighted by atomic mass is 16.1. The summed E-state index contributed by atoms with van der Waals surface area (Å²) in [5.41, 5.74) is 1.79. The number of benzene rings is 1. The molecule has 1 N–H and O–H groups in total. The maximum absolute atomic E-state index is 11.7. The van der Waals surface area contributed by atoms with Gasteiger partial charge < -0.3 is 5.32 Å². The molecule has 20 heavy (non-hydrogen) atoms. The van der Waals surface area contributed by atoms with Crippen LogP contribution in [0.5, 0.6) is 0 Å². The van der Waals surface area contributed by atoms with Crippen LogP contribution in [0.15, 0.2) is 36.5 Å². The van der Waals surface area contributed by atoms with Gasteiger partial charge in [0.25, 0.3) is 0 Å². The Morgan fingerprint density at radius 2 is 2.05 bits per heavy atom. The Bertz CT molecular complexity index is 643. The van der Waals surface area contributed by atoms with Crippen LogP contribution in [0, 0.1) is 0 Å². The molecular formula is C16H19N3O. The van der Waals surface area contributed by atoms with Crippen molar-refractivity contribution in [3.63, 3.8) is 0 Å². The standard InChI is InChI=1S/C16H19N3O/c1-11(20)13-10-17-19-15(13)18-14(9-16(19,2)3)12-7-5-4-6-8-12/h4-8,10,14,18H,9H2,1-3H3/t14-/m0/s1. The number of hydrogen-bond acceptors (Lipinski definition) is 3. The lowest BCUT2D eigenvalue weighted by atomic mass is 9.89. The Morgan fingerprint density at radius 1 is 1.35 bits per heavy atom. The lowest BCUT2D eigenvalue weighted by Crippen LogP contribution is -2.38. The van der Waals surface area contributed by atoms with Gasteiger partial charge >= 0.3 is 0 Å². The highest BCUT2D eigenvalue weighted by Crippen LogP contribution is 2.39. The SMILES string of the molecule is CC(=O)c1cnn2c1N[C@H](c1ccccc1)CC2(C)C. The van der Waals surface area contributed by atoms with Crippen molar-refractivity contribution in [3.8, 4) is 0 Å². The van der Waals surface area contributed by atoms with E-state index in [-0.39, 0.29) is 17.4 Å². The third-order valence-corrected chi connectivity index (χ3v) is 3.94. The molecule has 0 saturated heterocycles. The fourth-order valence-corrected chi connectivity index (χ4v) is 2.89. The minimum Gasteiger partial charge on any atom is -0.363 e. The summed E-state index contributed by atoms with van der Waals surface area (Å²) in [5, 5.41) is 7.87. The number of ketones is 1. The second-order valence-electron chi connectivity index (χ2n) is 6.00. The number of Topliss-reactive ketones (excluding diaryl/α,β-unsaturated/α-hetero) is 1. The van der Waals surface area contributed by atoms with Crippen LogP contribution in [-0.4, -0.2) is 15.6 Å². The normalized spacial score (nSPS) is 20.1. The van der Waals surface area contributed by atoms with E-state index in [1.54, 1.807) is 13.1 Å². The highest BCUT2D eigenvalue weighted by molar-refractivity contribution is 5.98. The molecule has 0 spiro atoms. The van der Waals surface area contributed by atoms with E-state index in [4.69, 9.17) is 0 Å². The average Bonchev–Trinajstić information content (AvgIpc) is 2.84. The number of hydrogen-bond donors (Lipinski definition) is 1. The number of nitrogens with one attached hydrogen (secondary N) is 1. The Labute approximate surface area is 118 Å². The van der Waals surface area contributed by atoms with E-state index < -0.39 is 0 Å². The summed E-state index contributed by atoms with van der Waals surface area (Å²) >= 11 is 0. The van der Waals surface area contributed by atoms with Crippen LogP contribution in [-0.2, 0) is 5.54 Å². The van der Waals surface area contributed by atoms with Crippen LogP contribution < -0.4 is 5.32 Å². The molecular weight excluding hydrogens is 250 g/mol. The van der Waals surface area contributed by atoms with E-state index >= 15 is 0 Å². The number of aromatic nitrogens is 2. The van der Waals surface area contributed by atoms with E-state index in [2.05, 4.69) is 36.4 Å². The molecule has 3 rings (SSSR count). The maximum atomic E-state index is 11.7. The average molecular weight is 269 g/mol. The van der Waals surface area contributed by atoms with Gasteiger partial charge in [-0.15, -0.1) is 0 Å². The van der Waals surface area contributed by atoms with E-state index in [0.717, 1.165) is 12.2 Å². The summed E-state index contributed by atoms with van der Waals surface area (Å²) in [4.78, 5) is 11.7. The molecule has 1 aromatic heterocycles. The van der Waals surface area contributed by atoms with Gasteiger partial charge in [0, 0.05) is 0 Å². The monoisotopic (exact) mass is 269 g/mol. The van der Waals surface area contributed by atoms with Crippen molar-refractivity contribution in [2.24, 2.45) is 0 Å². The van der Waals surface area contributed by atoms with Crippen molar-refractivity contribution in [1.82, 2.24) is 9.78 Å². The van der Waals surface area contributed by atoms with Crippen molar-refractivity contribution >= 4 is 11.6 Å². The van der Waals surface area contributed by atoms with Crippen LogP contribution >= 0.6 is 0 Å². The van der Waals surface area contributed by atoms with Gasteiger partial charge in [0.15, 0.2) is 5.78 Å². The van der Waals surface area contributed by atoms with Gasteiger partial charge in [-0.25, -0.2) is 4.68 Å². The van der Waals surface area contributed by atoms with Gasteiger partial charge in [-0.2, -0.15) is 5.10 Å². The molecule has 1 aliphatic rings. The molecule has 0 aliphatic carbocycles. The van der Waals surface area contributed by atoms with Crippen molar-refractivity contribution in [1.29, 1.82) is 0 Å². The van der Waals surface area contributed by atoms with Gasteiger partial charge in [-0.1, -0.05) is 30.3 Å². The predicted molar refractivity (Wildman–Crippen MR) is 79.0 cm³/mol. The van der Waals surface area contributed by atoms with E-state index in [9.17, 15) is 4.79 Å². The second kappa shape index (κ2) is 4.47. The summed E-state index contributed by atoms with van der Waals surface area (Å²) in [6.45, 7) is 5.90. The first-order valence-electron chi connectivity index (χ1n) is 6.90. The molecule has 0 saturated carbocycles. The summed E-state index contributed by atoms with van der Waals surface area (Å²) in [7, 11) is 0. The van der Waals surface area contributed by atoms with Crippen LogP contribution in [0.3, 0.4) is 0 Å². The highest BCUT2D eigenvalue weighted by Gasteiger charge is 2.35. The molecule has 4 nitrogen and oxygen atoms in total. The van der Waals surface area contributed by atoms with Crippen LogP contribution in [0.4, 0.5) is 5.82 Å². The fraction of sp³-hybridized carbons (Fsp3) is 0.375. The van der Waals surface area contributed by atoms with Crippen LogP contribution in [0.25, 0.3) is 0 Å². The molecule has 1 atom stereocenters. The molecule has 4 heteroatoms. The van der Waals surface area contributed by atoms with Crippen molar-refractivity contribution in [2.75, 3.05) is 5.32 Å². The Morgan fingerprint density at radius 3 is 2.70 bits per heavy atom. The summed E-state index contributed by atoms with van der Waals surface area (Å²) in [5.74, 6) is 0.880. The van der Waals surface area contributed by atoms with Crippen LogP contribution in [0.2, 0.25) is 0 Å². The topological polar surface area (TPSA) is 46.9 Å². The molecule has 1 aliphatic heterocycles. The summed E-state index contributed by atoms with van der Waals surface area (Å²) in [6, 6.07) is 10.5. The molecule has 0 bridgehead atoms. The first-order valence-corrected chi connectivity index (χ1v) is 6.90. The van der Waals surface area contributed by atoms with Gasteiger partial charge in [0.1, 0.15) is 5.82 Å². The molecule has 0 radical (unpaired) electrons. The molecule has 1 aromatic carbocycles. The number of carbonyl (C=O) groups is 1. The van der Waals surface area contributed by atoms with E-state index in [0.29, 0.717) is 5.56 Å². The quantitative estimate of drug-likeness (QED) is 0.850. The minimum atomic E-state index is -0.116. The second-order valence-corrected chi connectivity index (χ2v) is 6.00. The Hall–Kier alpha value is -2.10. The van der Waals surface area contributed by atoms with Crippen LogP contribution in [0.1, 0.15) is 49.2 Å². The molecule has 0 unspecified atom stereocenters. The zero-order chi connectivity index (χ0) is 14.3. The molecule has 0 amide bonds. The van der Waals surface area contributed by atoms with E-state index in [1.807, 2.05) is 22.9 Å². The van der Waals surface area contributed by atoms with E-state index in [1.165, 1.54) is 5.56 Å². The third-order valence-electron chi connectivity index (χ3n) is 3.94. The molecule has 2 heterocycles. The number of fused-ring (bicyclic) bond motifs is 1. The van der Waals surface area contributed by atoms with Gasteiger partial charge in [-0.05, 0) is 32.8 Å². The number of carbonyl (C=O) groups excluding carboxylic acids is 1. The lowest BCUT2D eigenvalue weighted by Gasteiger charge is -2.38. The Balaban J connectivity index is 2.05. The van der Waals surface area contributed by atoms with Gasteiger partial charge in [0.05, 0.1) is 23.3 Å². The fourth-order valence-electron chi connectivity index (χ4n) is 2.89. The molecule has 0 fully saturated rings. The van der Waals surface area contributed by atoms with Crippen molar-refractivity contribution in [2.45, 2.75) is 38.8 Å². The predicted octanol–water partition coefficient (Wildman–Crippen LogP) is 3.38. The van der Waals surface area contributed by atoms with Crippen molar-refractivity contribution in [3.05, 3.63) is 47.7 Å². The third kappa shape index (κ3) is 2.01. The zero-order valence-electron chi connectivity index (χ0n) is 12.1. The largest absolute Gasteiger partial charge is 0.363 e. The smallest absolute Gasteiger partial charge is 0.165 e. The van der Waals surface area contributed by atoms with Gasteiger partial charge in [-0.3, -0.25) is 4.79 Å². The summed E-state index contributed by atoms with van der Waals surface area (Å²) < 4.78 is 1.93. The molecule has 104 valence electrons. The first-order chi connectivity index (χ1) is 9.49. The number of rotatable bonds is 2.